The van der Waals surface area contributed by atoms with E-state index in [9.17, 15) is 0 Å². The Morgan fingerprint density at radius 3 is 2.38 bits per heavy atom. The molecule has 0 heterocycles. The Balaban J connectivity index is 1.93. The maximum Gasteiger partial charge on any atom is 0.0640 e. The average molecular weight is 386 g/mol. The predicted octanol–water partition coefficient (Wildman–Crippen LogP) is 5.04. The van der Waals surface area contributed by atoms with E-state index < -0.39 is 0 Å². The number of nitriles is 1. The monoisotopic (exact) mass is 385 g/mol. The van der Waals surface area contributed by atoms with Crippen LogP contribution in [0.2, 0.25) is 0 Å². The number of hydrogen-bond acceptors (Lipinski definition) is 3. The lowest BCUT2D eigenvalue weighted by molar-refractivity contribution is 0.519. The van der Waals surface area contributed by atoms with Crippen LogP contribution in [0.3, 0.4) is 0 Å². The molecule has 0 bridgehead atoms. The first-order chi connectivity index (χ1) is 11.6. The van der Waals surface area contributed by atoms with Crippen molar-refractivity contribution in [2.24, 2.45) is 0 Å². The van der Waals surface area contributed by atoms with Gasteiger partial charge >= 0.3 is 0 Å². The minimum atomic E-state index is 0.357. The molecule has 0 aromatic heterocycles. The molecule has 2 aromatic rings. The molecule has 0 aliphatic rings. The molecule has 0 saturated heterocycles. The fourth-order valence-electron chi connectivity index (χ4n) is 2.65. The molecule has 0 aliphatic heterocycles. The fraction of sp³-hybridized carbons (Fsp3) is 0.350. The molecule has 0 amide bonds. The van der Waals surface area contributed by atoms with E-state index in [1.54, 1.807) is 0 Å². The van der Waals surface area contributed by atoms with E-state index in [4.69, 9.17) is 5.26 Å². The van der Waals surface area contributed by atoms with Gasteiger partial charge in [-0.3, -0.25) is 0 Å². The molecule has 2 aromatic carbocycles. The van der Waals surface area contributed by atoms with Crippen LogP contribution in [-0.4, -0.2) is 13.6 Å². The highest BCUT2D eigenvalue weighted by molar-refractivity contribution is 9.10. The molecule has 1 unspecified atom stereocenters. The number of rotatable bonds is 8. The Hall–Kier alpha value is -1.83. The second-order valence-corrected chi connectivity index (χ2v) is 6.81. The Labute approximate surface area is 153 Å². The Morgan fingerprint density at radius 2 is 1.79 bits per heavy atom. The van der Waals surface area contributed by atoms with Crippen LogP contribution in [-0.2, 0) is 6.54 Å². The van der Waals surface area contributed by atoms with Crippen LogP contribution in [0.25, 0.3) is 0 Å². The van der Waals surface area contributed by atoms with Crippen LogP contribution in [0.15, 0.2) is 53.0 Å². The zero-order chi connectivity index (χ0) is 17.4. The standard InChI is InChI=1S/C20H24BrN3/c1-3-20(17-7-9-18(21)10-8-17)23-15-16-5-11-19(12-6-16)24(2)14-4-13-22/h5-12,20,23H,3-4,14-15H2,1-2H3. The molecular formula is C20H24BrN3. The van der Waals surface area contributed by atoms with Crippen molar-refractivity contribution in [3.8, 4) is 6.07 Å². The highest BCUT2D eigenvalue weighted by Gasteiger charge is 2.08. The van der Waals surface area contributed by atoms with Crippen LogP contribution >= 0.6 is 15.9 Å². The van der Waals surface area contributed by atoms with Gasteiger partial charge in [0.1, 0.15) is 0 Å². The number of nitrogens with one attached hydrogen (secondary N) is 1. The van der Waals surface area contributed by atoms with Gasteiger partial charge in [-0.2, -0.15) is 5.26 Å². The lowest BCUT2D eigenvalue weighted by Gasteiger charge is -2.19. The van der Waals surface area contributed by atoms with Gasteiger partial charge in [0.25, 0.3) is 0 Å². The molecule has 0 saturated carbocycles. The van der Waals surface area contributed by atoms with Crippen LogP contribution in [0.5, 0.6) is 0 Å². The topological polar surface area (TPSA) is 39.1 Å². The predicted molar refractivity (Wildman–Crippen MR) is 104 cm³/mol. The summed E-state index contributed by atoms with van der Waals surface area (Å²) in [6.07, 6.45) is 1.60. The number of halogens is 1. The molecular weight excluding hydrogens is 362 g/mol. The van der Waals surface area contributed by atoms with E-state index in [0.29, 0.717) is 12.5 Å². The zero-order valence-corrected chi connectivity index (χ0v) is 15.9. The number of anilines is 1. The van der Waals surface area contributed by atoms with Crippen molar-refractivity contribution in [3.05, 3.63) is 64.1 Å². The largest absolute Gasteiger partial charge is 0.374 e. The molecule has 3 nitrogen and oxygen atoms in total. The highest BCUT2D eigenvalue weighted by atomic mass is 79.9. The van der Waals surface area contributed by atoms with Crippen LogP contribution in [0, 0.1) is 11.3 Å². The van der Waals surface area contributed by atoms with Crippen molar-refractivity contribution < 1.29 is 0 Å². The third-order valence-electron chi connectivity index (χ3n) is 4.17. The van der Waals surface area contributed by atoms with Gasteiger partial charge in [-0.05, 0) is 41.8 Å². The summed E-state index contributed by atoms with van der Waals surface area (Å²) >= 11 is 3.48. The molecule has 126 valence electrons. The summed E-state index contributed by atoms with van der Waals surface area (Å²) in [6, 6.07) is 19.6. The second kappa shape index (κ2) is 9.46. The average Bonchev–Trinajstić information content (AvgIpc) is 2.62. The summed E-state index contributed by atoms with van der Waals surface area (Å²) in [5, 5.41) is 12.3. The van der Waals surface area contributed by atoms with E-state index in [1.807, 2.05) is 7.05 Å². The van der Waals surface area contributed by atoms with Crippen molar-refractivity contribution in [2.75, 3.05) is 18.5 Å². The number of nitrogens with zero attached hydrogens (tertiary/aromatic N) is 2. The summed E-state index contributed by atoms with van der Waals surface area (Å²) < 4.78 is 1.11. The Morgan fingerprint density at radius 1 is 1.12 bits per heavy atom. The zero-order valence-electron chi connectivity index (χ0n) is 14.3. The van der Waals surface area contributed by atoms with Crippen molar-refractivity contribution in [1.29, 1.82) is 5.26 Å². The lowest BCUT2D eigenvalue weighted by Crippen LogP contribution is -2.20. The van der Waals surface area contributed by atoms with E-state index in [0.717, 1.165) is 29.7 Å². The maximum atomic E-state index is 8.67. The summed E-state index contributed by atoms with van der Waals surface area (Å²) in [6.45, 7) is 3.80. The number of hydrogen-bond donors (Lipinski definition) is 1. The van der Waals surface area contributed by atoms with Crippen LogP contribution < -0.4 is 10.2 Å². The SMILES string of the molecule is CCC(NCc1ccc(N(C)CCC#N)cc1)c1ccc(Br)cc1. The lowest BCUT2D eigenvalue weighted by atomic mass is 10.0. The molecule has 1 N–H and O–H groups in total. The molecule has 1 atom stereocenters. The van der Waals surface area contributed by atoms with Crippen molar-refractivity contribution in [2.45, 2.75) is 32.4 Å². The Kier molecular flexibility index (Phi) is 7.30. The summed E-state index contributed by atoms with van der Waals surface area (Å²) in [5.41, 5.74) is 3.73. The normalized spacial score (nSPS) is 11.8. The van der Waals surface area contributed by atoms with Gasteiger partial charge in [-0.15, -0.1) is 0 Å². The van der Waals surface area contributed by atoms with Crippen molar-refractivity contribution >= 4 is 21.6 Å². The van der Waals surface area contributed by atoms with E-state index in [2.05, 4.69) is 87.7 Å². The van der Waals surface area contributed by atoms with Gasteiger partial charge in [0.15, 0.2) is 0 Å². The third kappa shape index (κ3) is 5.36. The summed E-state index contributed by atoms with van der Waals surface area (Å²) in [5.74, 6) is 0. The molecule has 0 radical (unpaired) electrons. The molecule has 4 heteroatoms. The third-order valence-corrected chi connectivity index (χ3v) is 4.70. The highest BCUT2D eigenvalue weighted by Crippen LogP contribution is 2.20. The van der Waals surface area contributed by atoms with E-state index >= 15 is 0 Å². The first kappa shape index (κ1) is 18.5. The summed E-state index contributed by atoms with van der Waals surface area (Å²) in [7, 11) is 2.02. The molecule has 2 rings (SSSR count). The van der Waals surface area contributed by atoms with Gasteiger partial charge in [-0.1, -0.05) is 47.1 Å². The number of benzene rings is 2. The summed E-state index contributed by atoms with van der Waals surface area (Å²) in [4.78, 5) is 2.11. The van der Waals surface area contributed by atoms with Gasteiger partial charge in [0.2, 0.25) is 0 Å². The van der Waals surface area contributed by atoms with Crippen molar-refractivity contribution in [1.82, 2.24) is 5.32 Å². The molecule has 0 fully saturated rings. The first-order valence-corrected chi connectivity index (χ1v) is 9.09. The molecule has 0 aliphatic carbocycles. The minimum absolute atomic E-state index is 0.357. The van der Waals surface area contributed by atoms with Gasteiger partial charge in [0.05, 0.1) is 12.5 Å². The van der Waals surface area contributed by atoms with Crippen LogP contribution in [0.4, 0.5) is 5.69 Å². The molecule has 0 spiro atoms. The Bertz CT molecular complexity index is 659. The quantitative estimate of drug-likeness (QED) is 0.691. The van der Waals surface area contributed by atoms with E-state index in [1.165, 1.54) is 11.1 Å². The first-order valence-electron chi connectivity index (χ1n) is 8.30. The van der Waals surface area contributed by atoms with Gasteiger partial charge in [0, 0.05) is 36.3 Å². The van der Waals surface area contributed by atoms with Crippen LogP contribution in [0.1, 0.15) is 36.9 Å². The second-order valence-electron chi connectivity index (χ2n) is 5.89. The van der Waals surface area contributed by atoms with Gasteiger partial charge < -0.3 is 10.2 Å². The fourth-order valence-corrected chi connectivity index (χ4v) is 2.91. The molecule has 24 heavy (non-hydrogen) atoms. The minimum Gasteiger partial charge on any atom is -0.374 e. The van der Waals surface area contributed by atoms with Crippen molar-refractivity contribution in [3.63, 3.8) is 0 Å². The smallest absolute Gasteiger partial charge is 0.0640 e. The van der Waals surface area contributed by atoms with E-state index in [-0.39, 0.29) is 0 Å². The van der Waals surface area contributed by atoms with Gasteiger partial charge in [-0.25, -0.2) is 0 Å². The maximum absolute atomic E-state index is 8.67.